The summed E-state index contributed by atoms with van der Waals surface area (Å²) in [5.74, 6) is 3.52. The van der Waals surface area contributed by atoms with Gasteiger partial charge in [0.15, 0.2) is 5.65 Å². The Bertz CT molecular complexity index is 625. The van der Waals surface area contributed by atoms with Gasteiger partial charge in [-0.05, 0) is 43.9 Å². The molecule has 4 heteroatoms. The van der Waals surface area contributed by atoms with Crippen LogP contribution < -0.4 is 5.32 Å². The van der Waals surface area contributed by atoms with Crippen LogP contribution in [0.4, 0.5) is 5.82 Å². The van der Waals surface area contributed by atoms with Crippen LogP contribution >= 0.6 is 0 Å². The molecule has 2 saturated carbocycles. The van der Waals surface area contributed by atoms with Crippen molar-refractivity contribution in [3.05, 3.63) is 23.5 Å². The van der Waals surface area contributed by atoms with E-state index in [0.717, 1.165) is 29.7 Å². The topological polar surface area (TPSA) is 42.2 Å². The highest BCUT2D eigenvalue weighted by atomic mass is 15.3. The standard InChI is InChI=1S/C16H22N4/c1-3-10-9-18-20-14(17-2)8-13(19-16(10)20)15(11-4-5-11)12-6-7-12/h8-9,11-12,15,17H,3-7H2,1-2H3. The lowest BCUT2D eigenvalue weighted by atomic mass is 9.93. The molecule has 0 amide bonds. The van der Waals surface area contributed by atoms with Crippen LogP contribution in [-0.2, 0) is 6.42 Å². The molecule has 2 aromatic rings. The first-order valence-corrected chi connectivity index (χ1v) is 7.87. The van der Waals surface area contributed by atoms with Crippen molar-refractivity contribution in [2.75, 3.05) is 12.4 Å². The van der Waals surface area contributed by atoms with E-state index in [0.29, 0.717) is 5.92 Å². The van der Waals surface area contributed by atoms with Gasteiger partial charge in [0.25, 0.3) is 0 Å². The number of hydrogen-bond donors (Lipinski definition) is 1. The maximum absolute atomic E-state index is 5.00. The smallest absolute Gasteiger partial charge is 0.160 e. The van der Waals surface area contributed by atoms with E-state index in [4.69, 9.17) is 4.98 Å². The molecule has 2 heterocycles. The summed E-state index contributed by atoms with van der Waals surface area (Å²) in [6, 6.07) is 2.22. The van der Waals surface area contributed by atoms with Gasteiger partial charge in [-0.2, -0.15) is 9.61 Å². The molecular formula is C16H22N4. The molecule has 0 atom stereocenters. The normalized spacial score (nSPS) is 18.9. The lowest BCUT2D eigenvalue weighted by Crippen LogP contribution is -2.10. The Kier molecular flexibility index (Phi) is 2.72. The number of aryl methyl sites for hydroxylation is 1. The second-order valence-corrected chi connectivity index (χ2v) is 6.28. The minimum atomic E-state index is 0.687. The Morgan fingerprint density at radius 1 is 1.30 bits per heavy atom. The third-order valence-electron chi connectivity index (χ3n) is 4.80. The van der Waals surface area contributed by atoms with Crippen molar-refractivity contribution in [2.24, 2.45) is 11.8 Å². The second kappa shape index (κ2) is 4.47. The number of rotatable bonds is 5. The van der Waals surface area contributed by atoms with Crippen molar-refractivity contribution >= 4 is 11.5 Å². The SMILES string of the molecule is CCc1cnn2c(NC)cc(C(C3CC3)C3CC3)nc12. The minimum Gasteiger partial charge on any atom is -0.373 e. The van der Waals surface area contributed by atoms with Crippen LogP contribution in [0.25, 0.3) is 5.65 Å². The van der Waals surface area contributed by atoms with E-state index in [-0.39, 0.29) is 0 Å². The summed E-state index contributed by atoms with van der Waals surface area (Å²) in [6.45, 7) is 2.17. The molecule has 2 aliphatic rings. The van der Waals surface area contributed by atoms with Crippen LogP contribution in [0.5, 0.6) is 0 Å². The van der Waals surface area contributed by atoms with Gasteiger partial charge in [0.2, 0.25) is 0 Å². The fraction of sp³-hybridized carbons (Fsp3) is 0.625. The Morgan fingerprint density at radius 3 is 2.55 bits per heavy atom. The van der Waals surface area contributed by atoms with Crippen molar-refractivity contribution in [1.82, 2.24) is 14.6 Å². The molecule has 4 rings (SSSR count). The zero-order valence-corrected chi connectivity index (χ0v) is 12.3. The van der Waals surface area contributed by atoms with Crippen LogP contribution in [0.3, 0.4) is 0 Å². The number of anilines is 1. The second-order valence-electron chi connectivity index (χ2n) is 6.28. The van der Waals surface area contributed by atoms with Crippen molar-refractivity contribution in [2.45, 2.75) is 44.9 Å². The highest BCUT2D eigenvalue weighted by Gasteiger charge is 2.43. The molecule has 20 heavy (non-hydrogen) atoms. The van der Waals surface area contributed by atoms with E-state index in [1.807, 2.05) is 17.8 Å². The van der Waals surface area contributed by atoms with Crippen molar-refractivity contribution in [3.8, 4) is 0 Å². The summed E-state index contributed by atoms with van der Waals surface area (Å²) in [4.78, 5) is 5.00. The average Bonchev–Trinajstić information content (AvgIpc) is 3.38. The fourth-order valence-corrected chi connectivity index (χ4v) is 3.40. The third kappa shape index (κ3) is 1.89. The van der Waals surface area contributed by atoms with Gasteiger partial charge >= 0.3 is 0 Å². The number of fused-ring (bicyclic) bond motifs is 1. The third-order valence-corrected chi connectivity index (χ3v) is 4.80. The minimum absolute atomic E-state index is 0.687. The molecule has 2 fully saturated rings. The van der Waals surface area contributed by atoms with Crippen LogP contribution in [0, 0.1) is 11.8 Å². The molecule has 4 nitrogen and oxygen atoms in total. The summed E-state index contributed by atoms with van der Waals surface area (Å²) in [5.41, 5.74) is 3.58. The first kappa shape index (κ1) is 12.2. The predicted molar refractivity (Wildman–Crippen MR) is 80.1 cm³/mol. The fourth-order valence-electron chi connectivity index (χ4n) is 3.40. The maximum Gasteiger partial charge on any atom is 0.160 e. The molecule has 0 aliphatic heterocycles. The van der Waals surface area contributed by atoms with Gasteiger partial charge in [-0.15, -0.1) is 0 Å². The van der Waals surface area contributed by atoms with E-state index in [2.05, 4.69) is 23.4 Å². The highest BCUT2D eigenvalue weighted by Crippen LogP contribution is 2.54. The van der Waals surface area contributed by atoms with Crippen LogP contribution in [-0.4, -0.2) is 21.6 Å². The molecule has 1 N–H and O–H groups in total. The van der Waals surface area contributed by atoms with E-state index in [1.54, 1.807) is 0 Å². The van der Waals surface area contributed by atoms with Crippen molar-refractivity contribution in [3.63, 3.8) is 0 Å². The Balaban J connectivity index is 1.85. The summed E-state index contributed by atoms with van der Waals surface area (Å²) in [7, 11) is 1.97. The van der Waals surface area contributed by atoms with E-state index in [1.165, 1.54) is 36.9 Å². The zero-order chi connectivity index (χ0) is 13.7. The largest absolute Gasteiger partial charge is 0.373 e. The monoisotopic (exact) mass is 270 g/mol. The lowest BCUT2D eigenvalue weighted by Gasteiger charge is -2.17. The summed E-state index contributed by atoms with van der Waals surface area (Å²) >= 11 is 0. The lowest BCUT2D eigenvalue weighted by molar-refractivity contribution is 0.524. The van der Waals surface area contributed by atoms with Crippen LogP contribution in [0.15, 0.2) is 12.3 Å². The maximum atomic E-state index is 5.00. The quantitative estimate of drug-likeness (QED) is 0.907. The van der Waals surface area contributed by atoms with E-state index >= 15 is 0 Å². The molecule has 0 saturated heterocycles. The van der Waals surface area contributed by atoms with Crippen LogP contribution in [0.2, 0.25) is 0 Å². The first-order chi connectivity index (χ1) is 9.81. The zero-order valence-electron chi connectivity index (χ0n) is 12.3. The Labute approximate surface area is 119 Å². The van der Waals surface area contributed by atoms with Crippen LogP contribution in [0.1, 0.15) is 49.8 Å². The van der Waals surface area contributed by atoms with Gasteiger partial charge in [-0.3, -0.25) is 0 Å². The number of nitrogens with one attached hydrogen (secondary N) is 1. The molecular weight excluding hydrogens is 248 g/mol. The van der Waals surface area contributed by atoms with Gasteiger partial charge in [-0.1, -0.05) is 6.92 Å². The number of hydrogen-bond acceptors (Lipinski definition) is 3. The number of nitrogens with zero attached hydrogens (tertiary/aromatic N) is 3. The molecule has 2 aromatic heterocycles. The van der Waals surface area contributed by atoms with Gasteiger partial charge in [-0.25, -0.2) is 4.98 Å². The first-order valence-electron chi connectivity index (χ1n) is 7.87. The molecule has 0 radical (unpaired) electrons. The Hall–Kier alpha value is -1.58. The summed E-state index contributed by atoms with van der Waals surface area (Å²) in [5, 5.41) is 7.76. The molecule has 0 unspecified atom stereocenters. The molecule has 0 spiro atoms. The Morgan fingerprint density at radius 2 is 2.00 bits per heavy atom. The molecule has 0 aromatic carbocycles. The van der Waals surface area contributed by atoms with Crippen molar-refractivity contribution in [1.29, 1.82) is 0 Å². The van der Waals surface area contributed by atoms with Crippen molar-refractivity contribution < 1.29 is 0 Å². The van der Waals surface area contributed by atoms with Gasteiger partial charge in [0.05, 0.1) is 11.9 Å². The average molecular weight is 270 g/mol. The molecule has 106 valence electrons. The van der Waals surface area contributed by atoms with Gasteiger partial charge in [0, 0.05) is 24.6 Å². The predicted octanol–water partition coefficient (Wildman–Crippen LogP) is 3.24. The van der Waals surface area contributed by atoms with Gasteiger partial charge in [0.1, 0.15) is 5.82 Å². The van der Waals surface area contributed by atoms with Gasteiger partial charge < -0.3 is 5.32 Å². The van der Waals surface area contributed by atoms with E-state index < -0.39 is 0 Å². The number of aromatic nitrogens is 3. The van der Waals surface area contributed by atoms with E-state index in [9.17, 15) is 0 Å². The summed E-state index contributed by atoms with van der Waals surface area (Å²) in [6.07, 6.45) is 8.51. The summed E-state index contributed by atoms with van der Waals surface area (Å²) < 4.78 is 1.94. The molecule has 0 bridgehead atoms. The highest BCUT2D eigenvalue weighted by molar-refractivity contribution is 5.54. The molecule has 2 aliphatic carbocycles.